The fourth-order valence-corrected chi connectivity index (χ4v) is 2.88. The number of hydrogen-bond acceptors (Lipinski definition) is 2. The van der Waals surface area contributed by atoms with Crippen LogP contribution >= 0.6 is 0 Å². The van der Waals surface area contributed by atoms with Crippen LogP contribution in [0.25, 0.3) is 0 Å². The monoisotopic (exact) mass is 236 g/mol. The molecular weight excluding hydrogens is 212 g/mol. The predicted octanol–water partition coefficient (Wildman–Crippen LogP) is 3.57. The number of ether oxygens (including phenoxy) is 1. The van der Waals surface area contributed by atoms with E-state index in [0.717, 1.165) is 18.3 Å². The lowest BCUT2D eigenvalue weighted by molar-refractivity contribution is -0.151. The van der Waals surface area contributed by atoms with Crippen molar-refractivity contribution in [1.29, 1.82) is 0 Å². The van der Waals surface area contributed by atoms with Crippen molar-refractivity contribution in [2.24, 2.45) is 22.7 Å². The molecule has 2 nitrogen and oxygen atoms in total. The number of esters is 1. The number of hydrogen-bond donors (Lipinski definition) is 0. The van der Waals surface area contributed by atoms with Gasteiger partial charge in [-0.3, -0.25) is 4.79 Å². The predicted molar refractivity (Wildman–Crippen MR) is 68.5 cm³/mol. The molecule has 2 rings (SSSR count). The minimum absolute atomic E-state index is 0.101. The molecule has 2 heteroatoms. The van der Waals surface area contributed by atoms with Crippen molar-refractivity contribution in [2.75, 3.05) is 6.61 Å². The highest BCUT2D eigenvalue weighted by molar-refractivity contribution is 5.75. The smallest absolute Gasteiger partial charge is 0.311 e. The molecule has 0 radical (unpaired) electrons. The van der Waals surface area contributed by atoms with Gasteiger partial charge < -0.3 is 4.74 Å². The summed E-state index contributed by atoms with van der Waals surface area (Å²) in [5, 5.41) is 0. The highest BCUT2D eigenvalue weighted by atomic mass is 16.5. The first-order chi connectivity index (χ1) is 7.73. The summed E-state index contributed by atoms with van der Waals surface area (Å²) >= 11 is 0. The Hall–Kier alpha value is -0.790. The van der Waals surface area contributed by atoms with Gasteiger partial charge in [0.1, 0.15) is 6.61 Å². The van der Waals surface area contributed by atoms with Crippen molar-refractivity contribution in [3.63, 3.8) is 0 Å². The fraction of sp³-hybridized carbons (Fsp3) is 0.800. The van der Waals surface area contributed by atoms with Crippen molar-refractivity contribution in [3.8, 4) is 0 Å². The van der Waals surface area contributed by atoms with E-state index < -0.39 is 5.41 Å². The van der Waals surface area contributed by atoms with E-state index in [1.54, 1.807) is 0 Å². The van der Waals surface area contributed by atoms with Crippen molar-refractivity contribution in [1.82, 2.24) is 0 Å². The van der Waals surface area contributed by atoms with Gasteiger partial charge in [0, 0.05) is 0 Å². The topological polar surface area (TPSA) is 26.3 Å². The largest absolute Gasteiger partial charge is 0.461 e. The summed E-state index contributed by atoms with van der Waals surface area (Å²) in [4.78, 5) is 11.7. The summed E-state index contributed by atoms with van der Waals surface area (Å²) in [5.74, 6) is 1.58. The SMILES string of the molecule is CC(C)(C)C(=O)OCC1=CCC2C(C1)C2(C)C. The van der Waals surface area contributed by atoms with Gasteiger partial charge in [-0.1, -0.05) is 19.9 Å². The Morgan fingerprint density at radius 1 is 1.41 bits per heavy atom. The van der Waals surface area contributed by atoms with Crippen LogP contribution in [0.15, 0.2) is 11.6 Å². The average molecular weight is 236 g/mol. The van der Waals surface area contributed by atoms with E-state index in [2.05, 4.69) is 19.9 Å². The molecule has 2 aliphatic carbocycles. The molecule has 0 bridgehead atoms. The molecule has 96 valence electrons. The zero-order chi connectivity index (χ0) is 12.8. The summed E-state index contributed by atoms with van der Waals surface area (Å²) in [6.45, 7) is 10.9. The Balaban J connectivity index is 1.83. The third-order valence-corrected chi connectivity index (χ3v) is 4.43. The van der Waals surface area contributed by atoms with Crippen molar-refractivity contribution < 1.29 is 9.53 Å². The van der Waals surface area contributed by atoms with Crippen LogP contribution in [0.5, 0.6) is 0 Å². The molecule has 0 aromatic heterocycles. The molecule has 1 fully saturated rings. The third-order valence-electron chi connectivity index (χ3n) is 4.43. The number of rotatable bonds is 2. The highest BCUT2D eigenvalue weighted by Crippen LogP contribution is 2.64. The van der Waals surface area contributed by atoms with Gasteiger partial charge in [-0.25, -0.2) is 0 Å². The van der Waals surface area contributed by atoms with Gasteiger partial charge in [-0.05, 0) is 56.4 Å². The lowest BCUT2D eigenvalue weighted by Gasteiger charge is -2.18. The molecule has 1 saturated carbocycles. The molecule has 2 unspecified atom stereocenters. The molecule has 0 amide bonds. The van der Waals surface area contributed by atoms with Crippen LogP contribution < -0.4 is 0 Å². The van der Waals surface area contributed by atoms with Gasteiger partial charge in [-0.2, -0.15) is 0 Å². The molecule has 0 aromatic rings. The number of carbonyl (C=O) groups excluding carboxylic acids is 1. The maximum Gasteiger partial charge on any atom is 0.311 e. The van der Waals surface area contributed by atoms with Crippen LogP contribution in [-0.4, -0.2) is 12.6 Å². The summed E-state index contributed by atoms with van der Waals surface area (Å²) in [7, 11) is 0. The van der Waals surface area contributed by atoms with Gasteiger partial charge in [0.05, 0.1) is 5.41 Å². The van der Waals surface area contributed by atoms with E-state index in [-0.39, 0.29) is 5.97 Å². The van der Waals surface area contributed by atoms with Crippen LogP contribution in [0.2, 0.25) is 0 Å². The lowest BCUT2D eigenvalue weighted by atomic mass is 9.97. The Kier molecular flexibility index (Phi) is 2.87. The first-order valence-electron chi connectivity index (χ1n) is 6.58. The Bertz CT molecular complexity index is 358. The zero-order valence-corrected chi connectivity index (χ0v) is 11.7. The Morgan fingerprint density at radius 2 is 2.06 bits per heavy atom. The van der Waals surface area contributed by atoms with Crippen LogP contribution in [0, 0.1) is 22.7 Å². The second-order valence-electron chi connectivity index (χ2n) is 7.16. The molecule has 2 aliphatic rings. The molecule has 0 aromatic carbocycles. The molecule has 0 N–H and O–H groups in total. The van der Waals surface area contributed by atoms with E-state index >= 15 is 0 Å². The second kappa shape index (κ2) is 3.86. The minimum Gasteiger partial charge on any atom is -0.461 e. The highest BCUT2D eigenvalue weighted by Gasteiger charge is 2.57. The van der Waals surface area contributed by atoms with Crippen molar-refractivity contribution in [3.05, 3.63) is 11.6 Å². The van der Waals surface area contributed by atoms with Crippen molar-refractivity contribution in [2.45, 2.75) is 47.5 Å². The third kappa shape index (κ3) is 2.41. The molecule has 0 aliphatic heterocycles. The summed E-state index contributed by atoms with van der Waals surface area (Å²) < 4.78 is 5.37. The first-order valence-corrected chi connectivity index (χ1v) is 6.58. The quantitative estimate of drug-likeness (QED) is 0.541. The van der Waals surface area contributed by atoms with Crippen LogP contribution in [0.3, 0.4) is 0 Å². The van der Waals surface area contributed by atoms with E-state index in [4.69, 9.17) is 4.74 Å². The average Bonchev–Trinajstić information content (AvgIpc) is 2.76. The number of allylic oxidation sites excluding steroid dienone is 1. The lowest BCUT2D eigenvalue weighted by Crippen LogP contribution is -2.24. The molecular formula is C15H24O2. The maximum atomic E-state index is 11.7. The fourth-order valence-electron chi connectivity index (χ4n) is 2.88. The standard InChI is InChI=1S/C15H24O2/c1-14(2,3)13(16)17-9-10-6-7-11-12(8-10)15(11,4)5/h6,11-12H,7-9H2,1-5H3. The van der Waals surface area contributed by atoms with E-state index in [1.807, 2.05) is 20.8 Å². The van der Waals surface area contributed by atoms with Crippen LogP contribution in [0.1, 0.15) is 47.5 Å². The maximum absolute atomic E-state index is 11.7. The first kappa shape index (κ1) is 12.7. The Morgan fingerprint density at radius 3 is 2.59 bits per heavy atom. The van der Waals surface area contributed by atoms with Crippen LogP contribution in [0.4, 0.5) is 0 Å². The van der Waals surface area contributed by atoms with Crippen LogP contribution in [-0.2, 0) is 9.53 Å². The van der Waals surface area contributed by atoms with Gasteiger partial charge in [-0.15, -0.1) is 0 Å². The zero-order valence-electron chi connectivity index (χ0n) is 11.7. The number of fused-ring (bicyclic) bond motifs is 1. The molecule has 17 heavy (non-hydrogen) atoms. The van der Waals surface area contributed by atoms with Gasteiger partial charge >= 0.3 is 5.97 Å². The summed E-state index contributed by atoms with van der Waals surface area (Å²) in [6, 6.07) is 0. The van der Waals surface area contributed by atoms with E-state index in [0.29, 0.717) is 12.0 Å². The Labute approximate surface area is 104 Å². The number of carbonyl (C=O) groups is 1. The molecule has 0 spiro atoms. The summed E-state index contributed by atoms with van der Waals surface area (Å²) in [6.07, 6.45) is 4.57. The van der Waals surface area contributed by atoms with E-state index in [1.165, 1.54) is 12.0 Å². The van der Waals surface area contributed by atoms with Gasteiger partial charge in [0.2, 0.25) is 0 Å². The molecule has 2 atom stereocenters. The second-order valence-corrected chi connectivity index (χ2v) is 7.16. The normalized spacial score (nSPS) is 30.3. The molecule has 0 heterocycles. The van der Waals surface area contributed by atoms with Gasteiger partial charge in [0.15, 0.2) is 0 Å². The van der Waals surface area contributed by atoms with Crippen molar-refractivity contribution >= 4 is 5.97 Å². The molecule has 0 saturated heterocycles. The minimum atomic E-state index is -0.392. The van der Waals surface area contributed by atoms with E-state index in [9.17, 15) is 4.79 Å². The summed E-state index contributed by atoms with van der Waals surface area (Å²) in [5.41, 5.74) is 1.43. The van der Waals surface area contributed by atoms with Gasteiger partial charge in [0.25, 0.3) is 0 Å².